The fourth-order valence-corrected chi connectivity index (χ4v) is 5.68. The van der Waals surface area contributed by atoms with Crippen LogP contribution in [0.4, 0.5) is 13.2 Å². The molecule has 3 fully saturated rings. The standard InChI is InChI=1S/C24H28ClF3N2O3/c1-4-19(31)30-12-23(13-30)8-9-29(14-24(23,27)28)21(32)16-11-33-22(2,3)10-15(16)20-17(25)6-5-7-18(20)26/h4-7,15-16H,1,8-14H2,2-3H3/t15-,16+/m1/s1. The molecule has 0 radical (unpaired) electrons. The molecule has 0 aliphatic carbocycles. The van der Waals surface area contributed by atoms with Crippen molar-refractivity contribution in [2.45, 2.75) is 44.1 Å². The third kappa shape index (κ3) is 4.16. The van der Waals surface area contributed by atoms with Gasteiger partial charge in [-0.2, -0.15) is 0 Å². The first-order valence-electron chi connectivity index (χ1n) is 11.1. The molecule has 180 valence electrons. The summed E-state index contributed by atoms with van der Waals surface area (Å²) < 4.78 is 51.1. The molecule has 1 aromatic carbocycles. The van der Waals surface area contributed by atoms with E-state index in [0.29, 0.717) is 6.42 Å². The minimum Gasteiger partial charge on any atom is -0.375 e. The number of hydrogen-bond donors (Lipinski definition) is 0. The van der Waals surface area contributed by atoms with Crippen molar-refractivity contribution >= 4 is 23.4 Å². The Hall–Kier alpha value is -2.06. The highest BCUT2D eigenvalue weighted by molar-refractivity contribution is 6.31. The van der Waals surface area contributed by atoms with Crippen LogP contribution in [0.1, 0.15) is 38.2 Å². The molecule has 33 heavy (non-hydrogen) atoms. The number of halogens is 4. The lowest BCUT2D eigenvalue weighted by molar-refractivity contribution is -0.224. The molecular formula is C24H28ClF3N2O3. The van der Waals surface area contributed by atoms with Crippen molar-refractivity contribution in [3.8, 4) is 0 Å². The van der Waals surface area contributed by atoms with Gasteiger partial charge < -0.3 is 14.5 Å². The van der Waals surface area contributed by atoms with Gasteiger partial charge in [-0.15, -0.1) is 0 Å². The van der Waals surface area contributed by atoms with E-state index in [1.807, 2.05) is 13.8 Å². The Bertz CT molecular complexity index is 957. The number of carbonyl (C=O) groups excluding carboxylic acids is 2. The molecule has 3 saturated heterocycles. The summed E-state index contributed by atoms with van der Waals surface area (Å²) in [6.07, 6.45) is 1.52. The first-order valence-corrected chi connectivity index (χ1v) is 11.4. The van der Waals surface area contributed by atoms with Crippen molar-refractivity contribution in [3.05, 3.63) is 47.3 Å². The first kappa shape index (κ1) is 24.1. The lowest BCUT2D eigenvalue weighted by atomic mass is 9.68. The number of benzene rings is 1. The molecule has 2 atom stereocenters. The Labute approximate surface area is 196 Å². The summed E-state index contributed by atoms with van der Waals surface area (Å²) in [5.41, 5.74) is -1.72. The van der Waals surface area contributed by atoms with Crippen LogP contribution in [0.25, 0.3) is 0 Å². The van der Waals surface area contributed by atoms with Crippen LogP contribution in [-0.2, 0) is 14.3 Å². The molecule has 3 aliphatic heterocycles. The Morgan fingerprint density at radius 3 is 2.52 bits per heavy atom. The second-order valence-corrected chi connectivity index (χ2v) is 10.4. The number of nitrogens with zero attached hydrogens (tertiary/aromatic N) is 2. The Morgan fingerprint density at radius 2 is 1.91 bits per heavy atom. The largest absolute Gasteiger partial charge is 0.375 e. The smallest absolute Gasteiger partial charge is 0.274 e. The molecule has 0 unspecified atom stereocenters. The highest BCUT2D eigenvalue weighted by Gasteiger charge is 2.64. The predicted octanol–water partition coefficient (Wildman–Crippen LogP) is 4.26. The van der Waals surface area contributed by atoms with Crippen molar-refractivity contribution in [1.82, 2.24) is 9.80 Å². The number of ether oxygens (including phenoxy) is 1. The number of likely N-dealkylation sites (tertiary alicyclic amines) is 2. The van der Waals surface area contributed by atoms with Crippen LogP contribution in [0.3, 0.4) is 0 Å². The monoisotopic (exact) mass is 484 g/mol. The number of carbonyl (C=O) groups is 2. The highest BCUT2D eigenvalue weighted by atomic mass is 35.5. The molecule has 0 N–H and O–H groups in total. The molecule has 1 spiro atoms. The Kier molecular flexibility index (Phi) is 6.06. The maximum Gasteiger partial charge on any atom is 0.274 e. The molecule has 0 bridgehead atoms. The lowest BCUT2D eigenvalue weighted by Gasteiger charge is -2.57. The van der Waals surface area contributed by atoms with Crippen molar-refractivity contribution in [2.75, 3.05) is 32.8 Å². The van der Waals surface area contributed by atoms with Crippen molar-refractivity contribution in [1.29, 1.82) is 0 Å². The fraction of sp³-hybridized carbons (Fsp3) is 0.583. The van der Waals surface area contributed by atoms with Crippen LogP contribution in [0.5, 0.6) is 0 Å². The molecule has 1 aromatic rings. The van der Waals surface area contributed by atoms with Gasteiger partial charge in [0, 0.05) is 36.1 Å². The topological polar surface area (TPSA) is 49.9 Å². The molecule has 3 aliphatic rings. The average Bonchev–Trinajstić information content (AvgIpc) is 2.70. The van der Waals surface area contributed by atoms with Gasteiger partial charge in [0.1, 0.15) is 5.82 Å². The summed E-state index contributed by atoms with van der Waals surface area (Å²) in [5, 5.41) is 0.208. The first-order chi connectivity index (χ1) is 15.4. The number of amides is 2. The summed E-state index contributed by atoms with van der Waals surface area (Å²) in [6.45, 7) is 6.38. The van der Waals surface area contributed by atoms with Crippen molar-refractivity contribution < 1.29 is 27.5 Å². The van der Waals surface area contributed by atoms with Gasteiger partial charge in [0.2, 0.25) is 11.8 Å². The summed E-state index contributed by atoms with van der Waals surface area (Å²) in [5.74, 6) is -5.95. The highest BCUT2D eigenvalue weighted by Crippen LogP contribution is 2.51. The van der Waals surface area contributed by atoms with E-state index in [-0.39, 0.29) is 49.2 Å². The van der Waals surface area contributed by atoms with Crippen LogP contribution in [0, 0.1) is 17.2 Å². The number of piperidine rings is 1. The Balaban J connectivity index is 1.55. The normalized spacial score (nSPS) is 27.7. The van der Waals surface area contributed by atoms with E-state index in [2.05, 4.69) is 6.58 Å². The van der Waals surface area contributed by atoms with Crippen LogP contribution in [-0.4, -0.2) is 65.9 Å². The molecule has 4 rings (SSSR count). The SMILES string of the molecule is C=CC(=O)N1CC2(CCN(C(=O)[C@H]3COC(C)(C)C[C@H]3c3c(F)cccc3Cl)CC2(F)F)C1. The predicted molar refractivity (Wildman–Crippen MR) is 118 cm³/mol. The third-order valence-electron chi connectivity index (χ3n) is 7.35. The lowest BCUT2D eigenvalue weighted by Crippen LogP contribution is -2.71. The molecule has 3 heterocycles. The molecule has 5 nitrogen and oxygen atoms in total. The maximum atomic E-state index is 15.2. The van der Waals surface area contributed by atoms with E-state index >= 15 is 8.78 Å². The zero-order valence-corrected chi connectivity index (χ0v) is 19.5. The molecule has 9 heteroatoms. The van der Waals surface area contributed by atoms with Gasteiger partial charge in [0.15, 0.2) is 0 Å². The average molecular weight is 485 g/mol. The van der Waals surface area contributed by atoms with Crippen LogP contribution in [0.2, 0.25) is 5.02 Å². The second-order valence-electron chi connectivity index (χ2n) is 10.0. The fourth-order valence-electron chi connectivity index (χ4n) is 5.37. The number of hydrogen-bond acceptors (Lipinski definition) is 3. The maximum absolute atomic E-state index is 15.2. The van der Waals surface area contributed by atoms with Crippen molar-refractivity contribution in [2.24, 2.45) is 11.3 Å². The van der Waals surface area contributed by atoms with Gasteiger partial charge in [0.25, 0.3) is 5.92 Å². The number of rotatable bonds is 3. The van der Waals surface area contributed by atoms with E-state index in [1.165, 1.54) is 17.0 Å². The molecule has 0 aromatic heterocycles. The number of alkyl halides is 2. The molecule has 2 amide bonds. The molecular weight excluding hydrogens is 457 g/mol. The summed E-state index contributed by atoms with van der Waals surface area (Å²) >= 11 is 6.31. The van der Waals surface area contributed by atoms with Crippen LogP contribution < -0.4 is 0 Å². The minimum atomic E-state index is -3.15. The van der Waals surface area contributed by atoms with Crippen LogP contribution >= 0.6 is 11.6 Å². The van der Waals surface area contributed by atoms with Gasteiger partial charge in [-0.05, 0) is 44.9 Å². The summed E-state index contributed by atoms with van der Waals surface area (Å²) in [7, 11) is 0. The van der Waals surface area contributed by atoms with Gasteiger partial charge in [-0.1, -0.05) is 24.2 Å². The van der Waals surface area contributed by atoms with Gasteiger partial charge in [0.05, 0.1) is 30.1 Å². The van der Waals surface area contributed by atoms with E-state index in [0.717, 1.165) is 11.0 Å². The minimum absolute atomic E-state index is 0.00398. The van der Waals surface area contributed by atoms with Gasteiger partial charge >= 0.3 is 0 Å². The van der Waals surface area contributed by atoms with E-state index in [9.17, 15) is 14.0 Å². The van der Waals surface area contributed by atoms with E-state index in [4.69, 9.17) is 16.3 Å². The Morgan fingerprint density at radius 1 is 1.21 bits per heavy atom. The van der Waals surface area contributed by atoms with Crippen molar-refractivity contribution in [3.63, 3.8) is 0 Å². The van der Waals surface area contributed by atoms with E-state index in [1.54, 1.807) is 6.07 Å². The zero-order valence-electron chi connectivity index (χ0n) is 18.8. The zero-order chi connectivity index (χ0) is 24.2. The summed E-state index contributed by atoms with van der Waals surface area (Å²) in [6, 6.07) is 4.35. The third-order valence-corrected chi connectivity index (χ3v) is 7.68. The van der Waals surface area contributed by atoms with Gasteiger partial charge in [-0.25, -0.2) is 13.2 Å². The summed E-state index contributed by atoms with van der Waals surface area (Å²) in [4.78, 5) is 27.7. The second kappa shape index (κ2) is 8.31. The quantitative estimate of drug-likeness (QED) is 0.602. The molecule has 0 saturated carbocycles. The van der Waals surface area contributed by atoms with Crippen LogP contribution in [0.15, 0.2) is 30.9 Å². The van der Waals surface area contributed by atoms with Gasteiger partial charge in [-0.3, -0.25) is 9.59 Å². The van der Waals surface area contributed by atoms with E-state index < -0.39 is 47.0 Å².